The minimum Gasteiger partial charge on any atom is -0.488 e. The third-order valence-electron chi connectivity index (χ3n) is 6.62. The van der Waals surface area contributed by atoms with Gasteiger partial charge in [-0.1, -0.05) is 12.1 Å². The average molecular weight is 498 g/mol. The molecule has 3 amide bonds. The van der Waals surface area contributed by atoms with Crippen LogP contribution in [0.25, 0.3) is 0 Å². The number of ether oxygens (including phenoxy) is 2. The van der Waals surface area contributed by atoms with Gasteiger partial charge in [-0.2, -0.15) is 0 Å². The molecule has 9 heteroatoms. The first-order chi connectivity index (χ1) is 18.0. The number of fused-ring (bicyclic) bond motifs is 1. The summed E-state index contributed by atoms with van der Waals surface area (Å²) in [6.07, 6.45) is 0.256. The van der Waals surface area contributed by atoms with Crippen LogP contribution in [0.1, 0.15) is 56.5 Å². The van der Waals surface area contributed by atoms with E-state index in [1.807, 2.05) is 13.8 Å². The fourth-order valence-corrected chi connectivity index (χ4v) is 5.06. The Hall–Kier alpha value is -3.30. The lowest BCUT2D eigenvalue weighted by atomic mass is 10.0. The first-order valence-electron chi connectivity index (χ1n) is 13.1. The summed E-state index contributed by atoms with van der Waals surface area (Å²) in [6.45, 7) is 3.69. The zero-order valence-electron chi connectivity index (χ0n) is 22.3. The van der Waals surface area contributed by atoms with E-state index in [1.54, 1.807) is 18.2 Å². The molecule has 2 fully saturated rings. The number of carbonyl (C=O) groups is 3. The van der Waals surface area contributed by atoms with Gasteiger partial charge in [0, 0.05) is 42.7 Å². The second kappa shape index (κ2) is 9.99. The highest BCUT2D eigenvalue weighted by Crippen LogP contribution is 2.34. The van der Waals surface area contributed by atoms with Gasteiger partial charge in [0.2, 0.25) is 11.8 Å². The van der Waals surface area contributed by atoms with E-state index in [0.717, 1.165) is 23.6 Å². The molecule has 2 aromatic carbocycles. The zero-order valence-corrected chi connectivity index (χ0v) is 20.3. The number of piperidine rings is 1. The van der Waals surface area contributed by atoms with Gasteiger partial charge in [-0.25, -0.2) is 4.39 Å². The van der Waals surface area contributed by atoms with E-state index in [4.69, 9.17) is 12.2 Å². The van der Waals surface area contributed by atoms with Crippen LogP contribution in [0.15, 0.2) is 36.4 Å². The van der Waals surface area contributed by atoms with Crippen LogP contribution in [0.3, 0.4) is 0 Å². The van der Waals surface area contributed by atoms with Crippen molar-refractivity contribution in [3.63, 3.8) is 0 Å². The van der Waals surface area contributed by atoms with Gasteiger partial charge in [0.05, 0.1) is 21.4 Å². The molecule has 3 atom stereocenters. The molecule has 8 nitrogen and oxygen atoms in total. The van der Waals surface area contributed by atoms with Gasteiger partial charge in [0.1, 0.15) is 24.2 Å². The van der Waals surface area contributed by atoms with Crippen molar-refractivity contribution in [3.05, 3.63) is 64.5 Å². The van der Waals surface area contributed by atoms with Crippen molar-refractivity contribution in [1.82, 2.24) is 15.1 Å². The summed E-state index contributed by atoms with van der Waals surface area (Å²) < 4.78 is 43.9. The normalized spacial score (nSPS) is 26.8. The largest absolute Gasteiger partial charge is 0.488 e. The van der Waals surface area contributed by atoms with Crippen LogP contribution in [0.2, 0.25) is 0 Å². The number of hydrogen-bond donors (Lipinski definition) is 1. The summed E-state index contributed by atoms with van der Waals surface area (Å²) in [5.41, 5.74) is 1.28. The molecule has 3 unspecified atom stereocenters. The van der Waals surface area contributed by atoms with Gasteiger partial charge < -0.3 is 14.4 Å². The summed E-state index contributed by atoms with van der Waals surface area (Å²) in [5, 5.41) is 2.18. The number of benzene rings is 2. The molecule has 1 N–H and O–H groups in total. The first-order valence-corrected chi connectivity index (χ1v) is 12.1. The Morgan fingerprint density at radius 3 is 2.69 bits per heavy atom. The highest BCUT2D eigenvalue weighted by atomic mass is 19.1. The van der Waals surface area contributed by atoms with Crippen molar-refractivity contribution < 1.29 is 31.0 Å². The van der Waals surface area contributed by atoms with Crippen LogP contribution < -0.4 is 10.1 Å². The molecule has 0 spiro atoms. The van der Waals surface area contributed by atoms with Gasteiger partial charge in [-0.15, -0.1) is 0 Å². The van der Waals surface area contributed by atoms with Crippen LogP contribution in [-0.2, 0) is 34.0 Å². The maximum atomic E-state index is 14.7. The molecular formula is C27H30FN3O5. The number of amides is 3. The van der Waals surface area contributed by atoms with Gasteiger partial charge >= 0.3 is 0 Å². The van der Waals surface area contributed by atoms with Crippen LogP contribution in [0.5, 0.6) is 5.75 Å². The van der Waals surface area contributed by atoms with Crippen molar-refractivity contribution in [2.24, 2.45) is 0 Å². The van der Waals surface area contributed by atoms with Crippen LogP contribution in [0, 0.1) is 5.82 Å². The molecule has 0 aliphatic carbocycles. The van der Waals surface area contributed by atoms with E-state index in [0.29, 0.717) is 12.1 Å². The van der Waals surface area contributed by atoms with Crippen molar-refractivity contribution in [2.75, 3.05) is 13.1 Å². The average Bonchev–Trinajstić information content (AvgIpc) is 3.04. The molecule has 3 heterocycles. The molecule has 0 bridgehead atoms. The lowest BCUT2D eigenvalue weighted by molar-refractivity contribution is -0.136. The van der Waals surface area contributed by atoms with E-state index >= 15 is 0 Å². The number of imide groups is 1. The highest BCUT2D eigenvalue weighted by Gasteiger charge is 2.40. The molecule has 5 rings (SSSR count). The molecule has 2 saturated heterocycles. The molecule has 190 valence electrons. The smallest absolute Gasteiger partial charge is 0.255 e. The van der Waals surface area contributed by atoms with E-state index in [9.17, 15) is 18.8 Å². The number of nitrogens with one attached hydrogen (secondary N) is 1. The summed E-state index contributed by atoms with van der Waals surface area (Å²) in [7, 11) is 0. The quantitative estimate of drug-likeness (QED) is 0.618. The highest BCUT2D eigenvalue weighted by molar-refractivity contribution is 6.05. The van der Waals surface area contributed by atoms with E-state index < -0.39 is 36.1 Å². The SMILES string of the molecule is [2H]C1([2H])c2c(OCc3cc(CN4CC(C)OC(C)C4)ccc3F)cccc2C(=O)N1C1CCC(=O)NC1=O. The van der Waals surface area contributed by atoms with Gasteiger partial charge in [-0.05, 0) is 50.1 Å². The van der Waals surface area contributed by atoms with Crippen LogP contribution >= 0.6 is 0 Å². The maximum Gasteiger partial charge on any atom is 0.255 e. The van der Waals surface area contributed by atoms with Gasteiger partial charge in [-0.3, -0.25) is 24.6 Å². The number of morpholine rings is 1. The molecule has 2 aromatic rings. The molecule has 36 heavy (non-hydrogen) atoms. The number of nitrogens with zero attached hydrogens (tertiary/aromatic N) is 2. The second-order valence-electron chi connectivity index (χ2n) is 9.60. The molecule has 3 aliphatic heterocycles. The van der Waals surface area contributed by atoms with Crippen molar-refractivity contribution in [3.8, 4) is 5.75 Å². The summed E-state index contributed by atoms with van der Waals surface area (Å²) >= 11 is 0. The molecule has 0 aromatic heterocycles. The van der Waals surface area contributed by atoms with Gasteiger partial charge in [0.25, 0.3) is 5.91 Å². The third kappa shape index (κ3) is 4.99. The van der Waals surface area contributed by atoms with Crippen LogP contribution in [0.4, 0.5) is 4.39 Å². The fraction of sp³-hybridized carbons (Fsp3) is 0.444. The topological polar surface area (TPSA) is 88.2 Å². The van der Waals surface area contributed by atoms with Crippen molar-refractivity contribution in [1.29, 1.82) is 0 Å². The predicted octanol–water partition coefficient (Wildman–Crippen LogP) is 2.77. The van der Waals surface area contributed by atoms with E-state index in [-0.39, 0.29) is 48.5 Å². The standard InChI is InChI=1S/C27H30FN3O5/c1-16-11-30(12-17(2)36-16)13-18-6-7-22(28)19(10-18)15-35-24-5-3-4-20-21(24)14-31(27(20)34)23-8-9-25(32)29-26(23)33/h3-7,10,16-17,23H,8-9,11-15H2,1-2H3,(H,29,32,33)/i14D2. The Kier molecular flexibility index (Phi) is 6.09. The minimum absolute atomic E-state index is 0.00780. The Labute approximate surface area is 212 Å². The Morgan fingerprint density at radius 1 is 1.17 bits per heavy atom. The van der Waals surface area contributed by atoms with E-state index in [1.165, 1.54) is 18.2 Å². The maximum absolute atomic E-state index is 14.7. The molecular weight excluding hydrogens is 465 g/mol. The Morgan fingerprint density at radius 2 is 1.94 bits per heavy atom. The summed E-state index contributed by atoms with van der Waals surface area (Å²) in [4.78, 5) is 40.3. The van der Waals surface area contributed by atoms with Crippen LogP contribution in [-0.4, -0.2) is 58.9 Å². The third-order valence-corrected chi connectivity index (χ3v) is 6.62. The summed E-state index contributed by atoms with van der Waals surface area (Å²) in [6, 6.07) is 8.29. The number of halogens is 1. The van der Waals surface area contributed by atoms with E-state index in [2.05, 4.69) is 10.2 Å². The number of hydrogen-bond acceptors (Lipinski definition) is 6. The monoisotopic (exact) mass is 497 g/mol. The lowest BCUT2D eigenvalue weighted by Crippen LogP contribution is -2.52. The minimum atomic E-state index is -2.37. The molecule has 3 aliphatic rings. The summed E-state index contributed by atoms with van der Waals surface area (Å²) in [5.74, 6) is -2.18. The van der Waals surface area contributed by atoms with Crippen molar-refractivity contribution in [2.45, 2.75) is 64.6 Å². The fourth-order valence-electron chi connectivity index (χ4n) is 5.06. The zero-order chi connectivity index (χ0) is 27.2. The number of rotatable bonds is 6. The Bertz CT molecular complexity index is 1280. The lowest BCUT2D eigenvalue weighted by Gasteiger charge is -2.35. The number of carbonyl (C=O) groups excluding carboxylic acids is 3. The Balaban J connectivity index is 1.35. The predicted molar refractivity (Wildman–Crippen MR) is 129 cm³/mol. The van der Waals surface area contributed by atoms with Gasteiger partial charge in [0.15, 0.2) is 0 Å². The van der Waals surface area contributed by atoms with Crippen molar-refractivity contribution >= 4 is 17.7 Å². The molecule has 0 radical (unpaired) electrons. The first kappa shape index (κ1) is 21.9. The molecule has 0 saturated carbocycles. The second-order valence-corrected chi connectivity index (χ2v) is 9.60.